The van der Waals surface area contributed by atoms with Crippen LogP contribution in [0.5, 0.6) is 5.75 Å². The van der Waals surface area contributed by atoms with E-state index in [-0.39, 0.29) is 24.0 Å². The van der Waals surface area contributed by atoms with Crippen LogP contribution in [0.2, 0.25) is 10.0 Å². The summed E-state index contributed by atoms with van der Waals surface area (Å²) in [4.78, 5) is 14.3. The number of rotatable bonds is 5. The molecule has 1 aliphatic rings. The molecule has 2 aromatic rings. The number of halogens is 2. The first-order chi connectivity index (χ1) is 12.4. The number of carbonyl (C=O) groups is 1. The maximum atomic E-state index is 12.8. The Bertz CT molecular complexity index is 903. The molecular weight excluding hydrogens is 397 g/mol. The minimum atomic E-state index is -3.13. The zero-order valence-electron chi connectivity index (χ0n) is 13.8. The van der Waals surface area contributed by atoms with Crippen molar-refractivity contribution in [3.05, 3.63) is 58.6 Å². The standard InChI is InChI=1S/C18H17Cl2NO4S/c19-16-7-6-15(10-17(16)20)25-11-18(22)21(13-4-2-1-3-5-13)14-8-9-26(23,24)12-14/h1-7,10,14H,8-9,11-12H2/t14-/m1/s1. The van der Waals surface area contributed by atoms with Crippen molar-refractivity contribution in [1.29, 1.82) is 0 Å². The van der Waals surface area contributed by atoms with Gasteiger partial charge in [0, 0.05) is 11.8 Å². The van der Waals surface area contributed by atoms with Gasteiger partial charge in [-0.2, -0.15) is 0 Å². The molecule has 0 aromatic heterocycles. The lowest BCUT2D eigenvalue weighted by Crippen LogP contribution is -2.43. The van der Waals surface area contributed by atoms with Gasteiger partial charge in [0.15, 0.2) is 16.4 Å². The summed E-state index contributed by atoms with van der Waals surface area (Å²) in [5, 5.41) is 0.728. The highest BCUT2D eigenvalue weighted by atomic mass is 35.5. The Kier molecular flexibility index (Phi) is 5.75. The van der Waals surface area contributed by atoms with Crippen LogP contribution in [0, 0.1) is 0 Å². The van der Waals surface area contributed by atoms with Crippen molar-refractivity contribution in [2.45, 2.75) is 12.5 Å². The molecule has 1 saturated heterocycles. The number of anilines is 1. The Labute approximate surface area is 162 Å². The average molecular weight is 414 g/mol. The van der Waals surface area contributed by atoms with E-state index in [2.05, 4.69) is 0 Å². The first kappa shape index (κ1) is 19.0. The van der Waals surface area contributed by atoms with Gasteiger partial charge in [-0.05, 0) is 30.7 Å². The van der Waals surface area contributed by atoms with Gasteiger partial charge in [-0.25, -0.2) is 8.42 Å². The third kappa shape index (κ3) is 4.50. The normalized spacial score (nSPS) is 18.5. The number of hydrogen-bond acceptors (Lipinski definition) is 4. The van der Waals surface area contributed by atoms with Crippen molar-refractivity contribution in [1.82, 2.24) is 0 Å². The summed E-state index contributed by atoms with van der Waals surface area (Å²) in [6.45, 7) is -0.233. The Morgan fingerprint density at radius 3 is 2.46 bits per heavy atom. The fourth-order valence-corrected chi connectivity index (χ4v) is 4.90. The van der Waals surface area contributed by atoms with Crippen molar-refractivity contribution in [2.24, 2.45) is 0 Å². The van der Waals surface area contributed by atoms with Crippen LogP contribution in [0.1, 0.15) is 6.42 Å². The van der Waals surface area contributed by atoms with Crippen molar-refractivity contribution < 1.29 is 17.9 Å². The van der Waals surface area contributed by atoms with E-state index in [0.29, 0.717) is 27.9 Å². The van der Waals surface area contributed by atoms with Crippen LogP contribution in [0.4, 0.5) is 5.69 Å². The molecule has 0 N–H and O–H groups in total. The molecule has 26 heavy (non-hydrogen) atoms. The number of amides is 1. The van der Waals surface area contributed by atoms with Gasteiger partial charge in [0.1, 0.15) is 5.75 Å². The highest BCUT2D eigenvalue weighted by Gasteiger charge is 2.35. The first-order valence-corrected chi connectivity index (χ1v) is 10.6. The van der Waals surface area contributed by atoms with E-state index in [0.717, 1.165) is 0 Å². The molecule has 0 unspecified atom stereocenters. The molecule has 1 aliphatic heterocycles. The minimum absolute atomic E-state index is 0.0413. The molecule has 0 aliphatic carbocycles. The summed E-state index contributed by atoms with van der Waals surface area (Å²) in [7, 11) is -3.13. The SMILES string of the molecule is O=C(COc1ccc(Cl)c(Cl)c1)N(c1ccccc1)[C@@H]1CCS(=O)(=O)C1. The maximum Gasteiger partial charge on any atom is 0.265 e. The van der Waals surface area contributed by atoms with Gasteiger partial charge in [0.05, 0.1) is 27.6 Å². The molecule has 1 atom stereocenters. The van der Waals surface area contributed by atoms with Gasteiger partial charge in [0.2, 0.25) is 0 Å². The molecule has 1 amide bonds. The van der Waals surface area contributed by atoms with Gasteiger partial charge >= 0.3 is 0 Å². The number of benzene rings is 2. The van der Waals surface area contributed by atoms with Crippen LogP contribution in [-0.4, -0.2) is 38.5 Å². The van der Waals surface area contributed by atoms with Crippen LogP contribution in [0.3, 0.4) is 0 Å². The Morgan fingerprint density at radius 2 is 1.85 bits per heavy atom. The highest BCUT2D eigenvalue weighted by Crippen LogP contribution is 2.27. The van der Waals surface area contributed by atoms with Gasteiger partial charge < -0.3 is 9.64 Å². The molecule has 0 radical (unpaired) electrons. The van der Waals surface area contributed by atoms with Crippen LogP contribution in [0.15, 0.2) is 48.5 Å². The average Bonchev–Trinajstić information content (AvgIpc) is 2.96. The molecule has 1 fully saturated rings. The van der Waals surface area contributed by atoms with Crippen LogP contribution in [0.25, 0.3) is 0 Å². The van der Waals surface area contributed by atoms with Crippen molar-refractivity contribution in [3.8, 4) is 5.75 Å². The van der Waals surface area contributed by atoms with Gasteiger partial charge in [-0.15, -0.1) is 0 Å². The second-order valence-corrected chi connectivity index (χ2v) is 9.06. The first-order valence-electron chi connectivity index (χ1n) is 8.01. The van der Waals surface area contributed by atoms with Crippen LogP contribution in [-0.2, 0) is 14.6 Å². The van der Waals surface area contributed by atoms with E-state index in [1.807, 2.05) is 6.07 Å². The van der Waals surface area contributed by atoms with E-state index in [1.54, 1.807) is 36.4 Å². The molecule has 2 aromatic carbocycles. The number of carbonyl (C=O) groups excluding carboxylic acids is 1. The zero-order chi connectivity index (χ0) is 18.7. The Hall–Kier alpha value is -1.76. The second kappa shape index (κ2) is 7.86. The Balaban J connectivity index is 1.78. The second-order valence-electron chi connectivity index (χ2n) is 6.02. The summed E-state index contributed by atoms with van der Waals surface area (Å²) in [5.41, 5.74) is 0.650. The molecule has 138 valence electrons. The fourth-order valence-electron chi connectivity index (χ4n) is 2.91. The van der Waals surface area contributed by atoms with Gasteiger partial charge in [-0.3, -0.25) is 4.79 Å². The molecule has 5 nitrogen and oxygen atoms in total. The lowest BCUT2D eigenvalue weighted by molar-refractivity contribution is -0.121. The summed E-state index contributed by atoms with van der Waals surface area (Å²) in [5.74, 6) is 0.145. The quantitative estimate of drug-likeness (QED) is 0.750. The number of ether oxygens (including phenoxy) is 1. The van der Waals surface area contributed by atoms with E-state index >= 15 is 0 Å². The number of sulfone groups is 1. The summed E-state index contributed by atoms with van der Waals surface area (Å²) in [6, 6.07) is 13.3. The van der Waals surface area contributed by atoms with E-state index in [4.69, 9.17) is 27.9 Å². The third-order valence-electron chi connectivity index (χ3n) is 4.13. The van der Waals surface area contributed by atoms with E-state index < -0.39 is 15.9 Å². The number of nitrogens with zero attached hydrogens (tertiary/aromatic N) is 1. The van der Waals surface area contributed by atoms with Gasteiger partial charge in [0.25, 0.3) is 5.91 Å². The molecule has 0 spiro atoms. The van der Waals surface area contributed by atoms with Crippen molar-refractivity contribution in [2.75, 3.05) is 23.0 Å². The third-order valence-corrected chi connectivity index (χ3v) is 6.62. The molecule has 8 heteroatoms. The predicted molar refractivity (Wildman–Crippen MR) is 103 cm³/mol. The van der Waals surface area contributed by atoms with Crippen molar-refractivity contribution >= 4 is 44.6 Å². The smallest absolute Gasteiger partial charge is 0.265 e. The molecule has 0 saturated carbocycles. The topological polar surface area (TPSA) is 63.7 Å². The minimum Gasteiger partial charge on any atom is -0.484 e. The monoisotopic (exact) mass is 413 g/mol. The molecule has 3 rings (SSSR count). The lowest BCUT2D eigenvalue weighted by Gasteiger charge is -2.28. The van der Waals surface area contributed by atoms with E-state index in [9.17, 15) is 13.2 Å². The molecular formula is C18H17Cl2NO4S. The maximum absolute atomic E-state index is 12.8. The largest absolute Gasteiger partial charge is 0.484 e. The predicted octanol–water partition coefficient (Wildman–Crippen LogP) is 3.59. The Morgan fingerprint density at radius 1 is 1.12 bits per heavy atom. The van der Waals surface area contributed by atoms with Gasteiger partial charge in [-0.1, -0.05) is 41.4 Å². The zero-order valence-corrected chi connectivity index (χ0v) is 16.1. The highest BCUT2D eigenvalue weighted by molar-refractivity contribution is 7.91. The molecule has 1 heterocycles. The van der Waals surface area contributed by atoms with Crippen LogP contribution >= 0.6 is 23.2 Å². The van der Waals surface area contributed by atoms with E-state index in [1.165, 1.54) is 11.0 Å². The summed E-state index contributed by atoms with van der Waals surface area (Å²) < 4.78 is 29.2. The van der Waals surface area contributed by atoms with Crippen LogP contribution < -0.4 is 9.64 Å². The lowest BCUT2D eigenvalue weighted by atomic mass is 10.2. The fraction of sp³-hybridized carbons (Fsp3) is 0.278. The molecule has 0 bridgehead atoms. The van der Waals surface area contributed by atoms with Crippen molar-refractivity contribution in [3.63, 3.8) is 0 Å². The number of hydrogen-bond donors (Lipinski definition) is 0. The number of para-hydroxylation sites is 1. The summed E-state index contributed by atoms with van der Waals surface area (Å²) in [6.07, 6.45) is 0.412. The summed E-state index contributed by atoms with van der Waals surface area (Å²) >= 11 is 11.8.